The van der Waals surface area contributed by atoms with Gasteiger partial charge in [0.25, 0.3) is 0 Å². The van der Waals surface area contributed by atoms with Crippen molar-refractivity contribution in [2.75, 3.05) is 0 Å². The minimum Gasteiger partial charge on any atom is -0.461 e. The van der Waals surface area contributed by atoms with Crippen molar-refractivity contribution in [3.63, 3.8) is 0 Å². The summed E-state index contributed by atoms with van der Waals surface area (Å²) in [6.07, 6.45) is 3.60. The van der Waals surface area contributed by atoms with Crippen LogP contribution in [0.2, 0.25) is 0 Å². The number of hydrogen-bond donors (Lipinski definition) is 1. The van der Waals surface area contributed by atoms with E-state index in [0.717, 1.165) is 22.8 Å². The molecule has 2 N–H and O–H groups in total. The van der Waals surface area contributed by atoms with Crippen LogP contribution in [0.1, 0.15) is 5.69 Å². The Kier molecular flexibility index (Phi) is 2.01. The molecular weight excluding hydrogens is 202 g/mol. The van der Waals surface area contributed by atoms with Gasteiger partial charge < -0.3 is 10.2 Å². The molecule has 3 aromatic heterocycles. The Morgan fingerprint density at radius 2 is 2.19 bits per heavy atom. The van der Waals surface area contributed by atoms with Crippen molar-refractivity contribution in [3.05, 3.63) is 48.5 Å². The van der Waals surface area contributed by atoms with Gasteiger partial charge in [-0.3, -0.25) is 4.40 Å². The van der Waals surface area contributed by atoms with E-state index >= 15 is 0 Å². The monoisotopic (exact) mass is 213 g/mol. The van der Waals surface area contributed by atoms with Crippen LogP contribution >= 0.6 is 0 Å². The molecule has 0 aliphatic rings. The molecule has 0 saturated carbocycles. The highest BCUT2D eigenvalue weighted by atomic mass is 16.3. The van der Waals surface area contributed by atoms with Crippen LogP contribution in [-0.2, 0) is 6.54 Å². The maximum absolute atomic E-state index is 5.68. The van der Waals surface area contributed by atoms with E-state index in [0.29, 0.717) is 6.54 Å². The van der Waals surface area contributed by atoms with Gasteiger partial charge in [0, 0.05) is 12.7 Å². The number of fused-ring (bicyclic) bond motifs is 1. The molecular formula is C12H11N3O. The SMILES string of the molecule is NCc1nc(-c2ccco2)n2ccccc12. The van der Waals surface area contributed by atoms with Crippen LogP contribution in [0.5, 0.6) is 0 Å². The van der Waals surface area contributed by atoms with Gasteiger partial charge in [-0.15, -0.1) is 0 Å². The lowest BCUT2D eigenvalue weighted by molar-refractivity contribution is 0.577. The van der Waals surface area contributed by atoms with Crippen LogP contribution in [0.15, 0.2) is 47.2 Å². The summed E-state index contributed by atoms with van der Waals surface area (Å²) in [5.74, 6) is 1.54. The summed E-state index contributed by atoms with van der Waals surface area (Å²) in [7, 11) is 0. The van der Waals surface area contributed by atoms with Crippen LogP contribution in [0.4, 0.5) is 0 Å². The molecule has 0 spiro atoms. The molecule has 0 aliphatic carbocycles. The molecule has 4 nitrogen and oxygen atoms in total. The smallest absolute Gasteiger partial charge is 0.181 e. The fourth-order valence-corrected chi connectivity index (χ4v) is 1.83. The zero-order valence-electron chi connectivity index (χ0n) is 8.63. The Bertz CT molecular complexity index is 610. The van der Waals surface area contributed by atoms with Crippen molar-refractivity contribution in [1.82, 2.24) is 9.38 Å². The summed E-state index contributed by atoms with van der Waals surface area (Å²) in [5, 5.41) is 0. The molecule has 0 atom stereocenters. The van der Waals surface area contributed by atoms with E-state index in [2.05, 4.69) is 4.98 Å². The molecule has 80 valence electrons. The third-order valence-electron chi connectivity index (χ3n) is 2.56. The number of pyridine rings is 1. The van der Waals surface area contributed by atoms with E-state index in [9.17, 15) is 0 Å². The lowest BCUT2D eigenvalue weighted by Crippen LogP contribution is -1.96. The molecule has 3 heterocycles. The second kappa shape index (κ2) is 3.50. The zero-order chi connectivity index (χ0) is 11.0. The Labute approximate surface area is 92.3 Å². The third-order valence-corrected chi connectivity index (χ3v) is 2.56. The molecule has 3 rings (SSSR count). The van der Waals surface area contributed by atoms with Crippen molar-refractivity contribution in [1.29, 1.82) is 0 Å². The lowest BCUT2D eigenvalue weighted by atomic mass is 10.3. The molecule has 0 radical (unpaired) electrons. The number of nitrogens with zero attached hydrogens (tertiary/aromatic N) is 2. The van der Waals surface area contributed by atoms with Crippen LogP contribution in [0, 0.1) is 0 Å². The lowest BCUT2D eigenvalue weighted by Gasteiger charge is -1.96. The fourth-order valence-electron chi connectivity index (χ4n) is 1.83. The average molecular weight is 213 g/mol. The van der Waals surface area contributed by atoms with E-state index in [1.54, 1.807) is 6.26 Å². The zero-order valence-corrected chi connectivity index (χ0v) is 8.63. The van der Waals surface area contributed by atoms with Crippen molar-refractivity contribution in [2.24, 2.45) is 5.73 Å². The van der Waals surface area contributed by atoms with Crippen LogP contribution < -0.4 is 5.73 Å². The Hall–Kier alpha value is -2.07. The van der Waals surface area contributed by atoms with Gasteiger partial charge in [0.2, 0.25) is 0 Å². The largest absolute Gasteiger partial charge is 0.461 e. The molecule has 4 heteroatoms. The van der Waals surface area contributed by atoms with E-state index in [4.69, 9.17) is 10.2 Å². The maximum atomic E-state index is 5.68. The van der Waals surface area contributed by atoms with Crippen molar-refractivity contribution < 1.29 is 4.42 Å². The normalized spacial score (nSPS) is 11.1. The van der Waals surface area contributed by atoms with Gasteiger partial charge in [-0.05, 0) is 24.3 Å². The Morgan fingerprint density at radius 3 is 2.94 bits per heavy atom. The molecule has 0 amide bonds. The topological polar surface area (TPSA) is 56.5 Å². The van der Waals surface area contributed by atoms with E-state index in [1.807, 2.05) is 40.9 Å². The standard InChI is InChI=1S/C12H11N3O/c13-8-9-10-4-1-2-6-15(10)12(14-9)11-5-3-7-16-11/h1-7H,8,13H2. The minimum absolute atomic E-state index is 0.425. The molecule has 0 fully saturated rings. The fraction of sp³-hybridized carbons (Fsp3) is 0.0833. The highest BCUT2D eigenvalue weighted by Gasteiger charge is 2.12. The summed E-state index contributed by atoms with van der Waals surface area (Å²) in [6.45, 7) is 0.425. The van der Waals surface area contributed by atoms with Gasteiger partial charge >= 0.3 is 0 Å². The van der Waals surface area contributed by atoms with E-state index < -0.39 is 0 Å². The van der Waals surface area contributed by atoms with Crippen molar-refractivity contribution in [3.8, 4) is 11.6 Å². The van der Waals surface area contributed by atoms with Gasteiger partial charge in [-0.1, -0.05) is 6.07 Å². The first kappa shape index (κ1) is 9.18. The predicted molar refractivity (Wildman–Crippen MR) is 60.8 cm³/mol. The average Bonchev–Trinajstić information content (AvgIpc) is 2.95. The summed E-state index contributed by atoms with van der Waals surface area (Å²) >= 11 is 0. The number of nitrogens with two attached hydrogens (primary N) is 1. The second-order valence-electron chi connectivity index (χ2n) is 3.52. The quantitative estimate of drug-likeness (QED) is 0.708. The van der Waals surface area contributed by atoms with Crippen molar-refractivity contribution in [2.45, 2.75) is 6.54 Å². The number of furan rings is 1. The summed E-state index contributed by atoms with van der Waals surface area (Å²) < 4.78 is 7.35. The highest BCUT2D eigenvalue weighted by Crippen LogP contribution is 2.22. The van der Waals surface area contributed by atoms with Crippen LogP contribution in [-0.4, -0.2) is 9.38 Å². The molecule has 0 aromatic carbocycles. The highest BCUT2D eigenvalue weighted by molar-refractivity contribution is 5.62. The number of aromatic nitrogens is 2. The van der Waals surface area contributed by atoms with E-state index in [1.165, 1.54) is 0 Å². The summed E-state index contributed by atoms with van der Waals surface area (Å²) in [5.41, 5.74) is 7.58. The van der Waals surface area contributed by atoms with Crippen LogP contribution in [0.25, 0.3) is 17.1 Å². The predicted octanol–water partition coefficient (Wildman–Crippen LogP) is 2.05. The van der Waals surface area contributed by atoms with Gasteiger partial charge in [-0.25, -0.2) is 4.98 Å². The molecule has 0 saturated heterocycles. The Morgan fingerprint density at radius 1 is 1.25 bits per heavy atom. The minimum atomic E-state index is 0.425. The first-order valence-corrected chi connectivity index (χ1v) is 5.10. The van der Waals surface area contributed by atoms with Gasteiger partial charge in [-0.2, -0.15) is 0 Å². The third kappa shape index (κ3) is 1.24. The molecule has 0 bridgehead atoms. The van der Waals surface area contributed by atoms with Gasteiger partial charge in [0.1, 0.15) is 0 Å². The number of rotatable bonds is 2. The molecule has 0 unspecified atom stereocenters. The second-order valence-corrected chi connectivity index (χ2v) is 3.52. The maximum Gasteiger partial charge on any atom is 0.181 e. The first-order valence-electron chi connectivity index (χ1n) is 5.10. The van der Waals surface area contributed by atoms with E-state index in [-0.39, 0.29) is 0 Å². The Balaban J connectivity index is 2.33. The van der Waals surface area contributed by atoms with Crippen molar-refractivity contribution >= 4 is 5.52 Å². The molecule has 3 aromatic rings. The summed E-state index contributed by atoms with van der Waals surface area (Å²) in [6, 6.07) is 9.68. The van der Waals surface area contributed by atoms with Gasteiger partial charge in [0.15, 0.2) is 11.6 Å². The number of imidazole rings is 1. The van der Waals surface area contributed by atoms with Gasteiger partial charge in [0.05, 0.1) is 17.5 Å². The molecule has 0 aliphatic heterocycles. The first-order chi connectivity index (χ1) is 7.90. The molecule has 16 heavy (non-hydrogen) atoms. The number of hydrogen-bond acceptors (Lipinski definition) is 3. The van der Waals surface area contributed by atoms with Crippen LogP contribution in [0.3, 0.4) is 0 Å². The summed E-state index contributed by atoms with van der Waals surface area (Å²) in [4.78, 5) is 4.49.